The van der Waals surface area contributed by atoms with E-state index >= 15 is 0 Å². The van der Waals surface area contributed by atoms with Crippen molar-refractivity contribution in [3.8, 4) is 0 Å². The Morgan fingerprint density at radius 1 is 1.36 bits per heavy atom. The molecule has 0 bridgehead atoms. The van der Waals surface area contributed by atoms with Gasteiger partial charge in [-0.2, -0.15) is 0 Å². The van der Waals surface area contributed by atoms with Gasteiger partial charge in [-0.1, -0.05) is 37.6 Å². The number of aliphatic hydroxyl groups is 1. The van der Waals surface area contributed by atoms with Crippen LogP contribution in [0.5, 0.6) is 0 Å². The van der Waals surface area contributed by atoms with Crippen LogP contribution in [0.15, 0.2) is 18.2 Å². The second-order valence-electron chi connectivity index (χ2n) is 4.27. The van der Waals surface area contributed by atoms with Crippen LogP contribution in [-0.4, -0.2) is 5.11 Å². The molecule has 14 heavy (non-hydrogen) atoms. The summed E-state index contributed by atoms with van der Waals surface area (Å²) in [7, 11) is 0. The van der Waals surface area contributed by atoms with Gasteiger partial charge in [-0.15, -0.1) is 0 Å². The summed E-state index contributed by atoms with van der Waals surface area (Å²) < 4.78 is 0. The lowest BCUT2D eigenvalue weighted by molar-refractivity contribution is 0.00901. The van der Waals surface area contributed by atoms with Crippen molar-refractivity contribution in [1.82, 2.24) is 0 Å². The lowest BCUT2D eigenvalue weighted by Crippen LogP contribution is -2.27. The summed E-state index contributed by atoms with van der Waals surface area (Å²) >= 11 is 5.93. The zero-order chi connectivity index (χ0) is 10.9. The fourth-order valence-electron chi connectivity index (χ4n) is 1.29. The molecule has 0 aromatic heterocycles. The highest BCUT2D eigenvalue weighted by atomic mass is 35.5. The Balaban J connectivity index is 3.14. The summed E-state index contributed by atoms with van der Waals surface area (Å²) in [4.78, 5) is 0. The number of benzene rings is 1. The minimum Gasteiger partial charge on any atom is -0.385 e. The molecule has 0 heterocycles. The average molecular weight is 213 g/mol. The van der Waals surface area contributed by atoms with E-state index in [9.17, 15) is 5.11 Å². The Kier molecular flexibility index (Phi) is 3.23. The Morgan fingerprint density at radius 2 is 1.93 bits per heavy atom. The molecule has 0 saturated carbocycles. The van der Waals surface area contributed by atoms with Gasteiger partial charge in [0, 0.05) is 5.02 Å². The highest BCUT2D eigenvalue weighted by Gasteiger charge is 2.27. The van der Waals surface area contributed by atoms with Gasteiger partial charge >= 0.3 is 0 Å². The van der Waals surface area contributed by atoms with E-state index in [2.05, 4.69) is 0 Å². The maximum Gasteiger partial charge on any atom is 0.0891 e. The van der Waals surface area contributed by atoms with Crippen LogP contribution in [0.3, 0.4) is 0 Å². The van der Waals surface area contributed by atoms with Gasteiger partial charge < -0.3 is 5.11 Å². The summed E-state index contributed by atoms with van der Waals surface area (Å²) in [5, 5.41) is 11.0. The van der Waals surface area contributed by atoms with E-state index in [1.165, 1.54) is 0 Å². The molecule has 0 aliphatic rings. The largest absolute Gasteiger partial charge is 0.385 e. The van der Waals surface area contributed by atoms with Crippen molar-refractivity contribution in [3.05, 3.63) is 34.3 Å². The topological polar surface area (TPSA) is 20.2 Å². The molecule has 0 unspecified atom stereocenters. The van der Waals surface area contributed by atoms with E-state index in [1.54, 1.807) is 0 Å². The van der Waals surface area contributed by atoms with Crippen LogP contribution < -0.4 is 0 Å². The van der Waals surface area contributed by atoms with Crippen LogP contribution in [0, 0.1) is 12.8 Å². The van der Waals surface area contributed by atoms with Crippen molar-refractivity contribution < 1.29 is 5.11 Å². The molecule has 0 saturated heterocycles. The van der Waals surface area contributed by atoms with Crippen LogP contribution in [-0.2, 0) is 5.60 Å². The molecule has 1 rings (SSSR count). The van der Waals surface area contributed by atoms with Crippen LogP contribution in [0.1, 0.15) is 31.9 Å². The fraction of sp³-hybridized carbons (Fsp3) is 0.500. The first-order chi connectivity index (χ1) is 6.35. The van der Waals surface area contributed by atoms with Gasteiger partial charge in [0.05, 0.1) is 5.60 Å². The molecule has 78 valence electrons. The van der Waals surface area contributed by atoms with Gasteiger partial charge in [-0.25, -0.2) is 0 Å². The first kappa shape index (κ1) is 11.5. The van der Waals surface area contributed by atoms with E-state index in [-0.39, 0.29) is 5.92 Å². The average Bonchev–Trinajstić information content (AvgIpc) is 2.09. The fourth-order valence-corrected chi connectivity index (χ4v) is 1.41. The molecule has 1 N–H and O–H groups in total. The van der Waals surface area contributed by atoms with Gasteiger partial charge in [0.2, 0.25) is 0 Å². The summed E-state index contributed by atoms with van der Waals surface area (Å²) in [6.07, 6.45) is 0. The van der Waals surface area contributed by atoms with Crippen molar-refractivity contribution in [2.24, 2.45) is 5.92 Å². The second kappa shape index (κ2) is 3.92. The van der Waals surface area contributed by atoms with Crippen LogP contribution in [0.4, 0.5) is 0 Å². The predicted octanol–water partition coefficient (Wildman–Crippen LogP) is 3.51. The number of hydrogen-bond donors (Lipinski definition) is 1. The highest BCUT2D eigenvalue weighted by Crippen LogP contribution is 2.30. The summed E-state index contributed by atoms with van der Waals surface area (Å²) in [6.45, 7) is 7.79. The predicted molar refractivity (Wildman–Crippen MR) is 60.6 cm³/mol. The Bertz CT molecular complexity index is 329. The molecule has 1 atom stereocenters. The molecule has 1 nitrogen and oxygen atoms in total. The zero-order valence-corrected chi connectivity index (χ0v) is 9.89. The third-order valence-electron chi connectivity index (χ3n) is 2.87. The highest BCUT2D eigenvalue weighted by molar-refractivity contribution is 6.31. The molecule has 0 radical (unpaired) electrons. The molecule has 0 aliphatic carbocycles. The van der Waals surface area contributed by atoms with Crippen LogP contribution in [0.25, 0.3) is 0 Å². The summed E-state index contributed by atoms with van der Waals surface area (Å²) in [5.74, 6) is 0.183. The van der Waals surface area contributed by atoms with Crippen LogP contribution in [0.2, 0.25) is 5.02 Å². The molecule has 2 heteroatoms. The number of rotatable bonds is 2. The summed E-state index contributed by atoms with van der Waals surface area (Å²) in [5.41, 5.74) is 1.15. The zero-order valence-electron chi connectivity index (χ0n) is 9.13. The maximum atomic E-state index is 10.2. The quantitative estimate of drug-likeness (QED) is 0.796. The van der Waals surface area contributed by atoms with Gasteiger partial charge in [0.15, 0.2) is 0 Å². The first-order valence-electron chi connectivity index (χ1n) is 4.84. The first-order valence-corrected chi connectivity index (χ1v) is 5.22. The molecule has 0 fully saturated rings. The van der Waals surface area contributed by atoms with Crippen molar-refractivity contribution in [2.45, 2.75) is 33.3 Å². The van der Waals surface area contributed by atoms with Crippen molar-refractivity contribution in [3.63, 3.8) is 0 Å². The van der Waals surface area contributed by atoms with Gasteiger partial charge in [0.25, 0.3) is 0 Å². The lowest BCUT2D eigenvalue weighted by atomic mass is 9.85. The minimum absolute atomic E-state index is 0.183. The monoisotopic (exact) mass is 212 g/mol. The normalized spacial score (nSPS) is 15.6. The van der Waals surface area contributed by atoms with Gasteiger partial charge in [-0.05, 0) is 37.0 Å². The number of aryl methyl sites for hydroxylation is 1. The molecule has 0 aliphatic heterocycles. The van der Waals surface area contributed by atoms with Gasteiger partial charge in [-0.3, -0.25) is 0 Å². The number of hydrogen-bond acceptors (Lipinski definition) is 1. The SMILES string of the molecule is Cc1cc([C@](C)(O)C(C)C)ccc1Cl. The van der Waals surface area contributed by atoms with Crippen molar-refractivity contribution >= 4 is 11.6 Å². The smallest absolute Gasteiger partial charge is 0.0891 e. The van der Waals surface area contributed by atoms with E-state index in [1.807, 2.05) is 45.9 Å². The van der Waals surface area contributed by atoms with Crippen molar-refractivity contribution in [2.75, 3.05) is 0 Å². The standard InChI is InChI=1S/C12H17ClO/c1-8(2)12(4,14)10-5-6-11(13)9(3)7-10/h5-8,14H,1-4H3/t12-/m1/s1. The second-order valence-corrected chi connectivity index (χ2v) is 4.67. The third-order valence-corrected chi connectivity index (χ3v) is 3.29. The molecule has 0 amide bonds. The lowest BCUT2D eigenvalue weighted by Gasteiger charge is -2.28. The Hall–Kier alpha value is -0.530. The molecule has 1 aromatic carbocycles. The Morgan fingerprint density at radius 3 is 2.36 bits per heavy atom. The molecule has 1 aromatic rings. The van der Waals surface area contributed by atoms with E-state index in [4.69, 9.17) is 11.6 Å². The Labute approximate surface area is 90.7 Å². The van der Waals surface area contributed by atoms with E-state index in [0.717, 1.165) is 16.1 Å². The van der Waals surface area contributed by atoms with Gasteiger partial charge in [0.1, 0.15) is 0 Å². The summed E-state index contributed by atoms with van der Waals surface area (Å²) in [6, 6.07) is 5.67. The minimum atomic E-state index is -0.782. The maximum absolute atomic E-state index is 10.2. The molecular weight excluding hydrogens is 196 g/mol. The van der Waals surface area contributed by atoms with Crippen molar-refractivity contribution in [1.29, 1.82) is 0 Å². The molecule has 0 spiro atoms. The number of halogens is 1. The van der Waals surface area contributed by atoms with E-state index in [0.29, 0.717) is 0 Å². The molecular formula is C12H17ClO. The third kappa shape index (κ3) is 2.10. The van der Waals surface area contributed by atoms with E-state index < -0.39 is 5.60 Å². The van der Waals surface area contributed by atoms with Crippen LogP contribution >= 0.6 is 11.6 Å².